The summed E-state index contributed by atoms with van der Waals surface area (Å²) in [6.07, 6.45) is 3.25. The molecule has 26 heavy (non-hydrogen) atoms. The topological polar surface area (TPSA) is 69.3 Å². The standard InChI is InChI=1S/C19H21FN4O2/c1-19(2)11-24(17(25)12-5-7-13(20)8-6-12)10-14(18(26)23(3)4)16-15(19)9-21-22-16/h5-10H,11H2,1-4H3,(H,21,22). The molecule has 3 rings (SSSR count). The van der Waals surface area contributed by atoms with Gasteiger partial charge in [-0.2, -0.15) is 5.10 Å². The molecule has 1 aliphatic heterocycles. The summed E-state index contributed by atoms with van der Waals surface area (Å²) in [6, 6.07) is 5.38. The minimum atomic E-state index is -0.428. The zero-order chi connectivity index (χ0) is 19.1. The number of aromatic nitrogens is 2. The van der Waals surface area contributed by atoms with Gasteiger partial charge in [-0.15, -0.1) is 0 Å². The van der Waals surface area contributed by atoms with Crippen molar-refractivity contribution in [3.8, 4) is 0 Å². The number of likely N-dealkylation sites (N-methyl/N-ethyl adjacent to an activating group) is 1. The van der Waals surface area contributed by atoms with Crippen LogP contribution in [0.1, 0.15) is 35.5 Å². The van der Waals surface area contributed by atoms with E-state index in [-0.39, 0.29) is 11.8 Å². The number of hydrogen-bond acceptors (Lipinski definition) is 3. The SMILES string of the molecule is CN(C)C(=O)C1=CN(C(=O)c2ccc(F)cc2)CC(C)(C)c2cn[nH]c21. The predicted octanol–water partition coefficient (Wildman–Crippen LogP) is 2.41. The fourth-order valence-corrected chi connectivity index (χ4v) is 3.07. The van der Waals surface area contributed by atoms with Crippen LogP contribution in [0, 0.1) is 5.82 Å². The first-order chi connectivity index (χ1) is 12.2. The van der Waals surface area contributed by atoms with E-state index in [1.165, 1.54) is 34.1 Å². The van der Waals surface area contributed by atoms with E-state index >= 15 is 0 Å². The number of benzene rings is 1. The molecule has 0 unspecified atom stereocenters. The van der Waals surface area contributed by atoms with Crippen molar-refractivity contribution in [1.29, 1.82) is 0 Å². The molecule has 1 aromatic heterocycles. The van der Waals surface area contributed by atoms with Crippen molar-refractivity contribution in [2.24, 2.45) is 0 Å². The molecule has 7 heteroatoms. The first-order valence-corrected chi connectivity index (χ1v) is 8.25. The number of carbonyl (C=O) groups is 2. The van der Waals surface area contributed by atoms with Crippen LogP contribution in [0.2, 0.25) is 0 Å². The van der Waals surface area contributed by atoms with Crippen LogP contribution in [0.5, 0.6) is 0 Å². The predicted molar refractivity (Wildman–Crippen MR) is 95.7 cm³/mol. The quantitative estimate of drug-likeness (QED) is 0.898. The molecule has 0 atom stereocenters. The van der Waals surface area contributed by atoms with E-state index in [0.717, 1.165) is 5.56 Å². The van der Waals surface area contributed by atoms with E-state index in [9.17, 15) is 14.0 Å². The van der Waals surface area contributed by atoms with E-state index in [2.05, 4.69) is 10.2 Å². The lowest BCUT2D eigenvalue weighted by atomic mass is 9.84. The summed E-state index contributed by atoms with van der Waals surface area (Å²) >= 11 is 0. The summed E-state index contributed by atoms with van der Waals surface area (Å²) in [6.45, 7) is 4.34. The maximum absolute atomic E-state index is 13.2. The molecular formula is C19H21FN4O2. The minimum absolute atomic E-state index is 0.231. The average Bonchev–Trinajstić information content (AvgIpc) is 3.04. The number of carbonyl (C=O) groups excluding carboxylic acids is 2. The highest BCUT2D eigenvalue weighted by molar-refractivity contribution is 6.19. The third kappa shape index (κ3) is 3.12. The maximum Gasteiger partial charge on any atom is 0.257 e. The summed E-state index contributed by atoms with van der Waals surface area (Å²) in [5.74, 6) is -0.928. The largest absolute Gasteiger partial charge is 0.345 e. The highest BCUT2D eigenvalue weighted by atomic mass is 19.1. The van der Waals surface area contributed by atoms with Gasteiger partial charge in [-0.3, -0.25) is 14.7 Å². The molecule has 136 valence electrons. The molecule has 0 fully saturated rings. The second-order valence-electron chi connectivity index (χ2n) is 7.22. The van der Waals surface area contributed by atoms with Crippen LogP contribution in [-0.2, 0) is 10.2 Å². The van der Waals surface area contributed by atoms with Crippen molar-refractivity contribution < 1.29 is 14.0 Å². The number of fused-ring (bicyclic) bond motifs is 1. The van der Waals surface area contributed by atoms with Crippen LogP contribution >= 0.6 is 0 Å². The smallest absolute Gasteiger partial charge is 0.257 e. The summed E-state index contributed by atoms with van der Waals surface area (Å²) in [4.78, 5) is 28.6. The second-order valence-corrected chi connectivity index (χ2v) is 7.22. The van der Waals surface area contributed by atoms with Crippen molar-refractivity contribution in [2.45, 2.75) is 19.3 Å². The first-order valence-electron chi connectivity index (χ1n) is 8.25. The van der Waals surface area contributed by atoms with Gasteiger partial charge >= 0.3 is 0 Å². The van der Waals surface area contributed by atoms with E-state index < -0.39 is 11.2 Å². The number of H-pyrrole nitrogens is 1. The van der Waals surface area contributed by atoms with Crippen LogP contribution in [0.4, 0.5) is 4.39 Å². The molecule has 6 nitrogen and oxygen atoms in total. The first kappa shape index (κ1) is 17.8. The Kier molecular flexibility index (Phi) is 4.39. The minimum Gasteiger partial charge on any atom is -0.345 e. The molecule has 0 saturated carbocycles. The van der Waals surface area contributed by atoms with Crippen LogP contribution in [0.3, 0.4) is 0 Å². The van der Waals surface area contributed by atoms with Gasteiger partial charge in [0.05, 0.1) is 17.5 Å². The number of hydrogen-bond donors (Lipinski definition) is 1. The van der Waals surface area contributed by atoms with E-state index in [1.54, 1.807) is 26.5 Å². The van der Waals surface area contributed by atoms with Gasteiger partial charge in [0.2, 0.25) is 0 Å². The Bertz CT molecular complexity index is 881. The Morgan fingerprint density at radius 1 is 1.23 bits per heavy atom. The van der Waals surface area contributed by atoms with Crippen molar-refractivity contribution in [2.75, 3.05) is 20.6 Å². The van der Waals surface area contributed by atoms with Gasteiger partial charge in [0, 0.05) is 43.4 Å². The molecule has 1 N–H and O–H groups in total. The highest BCUT2D eigenvalue weighted by Crippen LogP contribution is 2.34. The van der Waals surface area contributed by atoms with E-state index in [1.807, 2.05) is 13.8 Å². The molecule has 2 heterocycles. The van der Waals surface area contributed by atoms with Gasteiger partial charge in [0.1, 0.15) is 5.82 Å². The van der Waals surface area contributed by atoms with Gasteiger partial charge in [-0.1, -0.05) is 13.8 Å². The number of halogens is 1. The van der Waals surface area contributed by atoms with Gasteiger partial charge < -0.3 is 9.80 Å². The molecule has 2 aromatic rings. The zero-order valence-electron chi connectivity index (χ0n) is 15.2. The van der Waals surface area contributed by atoms with Crippen molar-refractivity contribution in [3.05, 3.63) is 59.3 Å². The van der Waals surface area contributed by atoms with E-state index in [4.69, 9.17) is 0 Å². The Balaban J connectivity index is 2.09. The van der Waals surface area contributed by atoms with Gasteiger partial charge in [0.15, 0.2) is 0 Å². The molecule has 2 amide bonds. The molecule has 0 saturated heterocycles. The van der Waals surface area contributed by atoms with E-state index in [0.29, 0.717) is 23.4 Å². The Labute approximate surface area is 151 Å². The van der Waals surface area contributed by atoms with Gasteiger partial charge in [-0.05, 0) is 24.3 Å². The summed E-state index contributed by atoms with van der Waals surface area (Å²) in [7, 11) is 3.31. The Morgan fingerprint density at radius 2 is 1.88 bits per heavy atom. The average molecular weight is 356 g/mol. The van der Waals surface area contributed by atoms with Gasteiger partial charge in [-0.25, -0.2) is 4.39 Å². The fraction of sp³-hybridized carbons (Fsp3) is 0.316. The molecule has 1 aromatic carbocycles. The lowest BCUT2D eigenvalue weighted by Gasteiger charge is -2.28. The third-order valence-corrected chi connectivity index (χ3v) is 4.48. The molecule has 0 radical (unpaired) electrons. The Morgan fingerprint density at radius 3 is 2.50 bits per heavy atom. The summed E-state index contributed by atoms with van der Waals surface area (Å²) in [5.41, 5.74) is 1.78. The third-order valence-electron chi connectivity index (χ3n) is 4.48. The van der Waals surface area contributed by atoms with Crippen LogP contribution in [-0.4, -0.2) is 52.5 Å². The van der Waals surface area contributed by atoms with Crippen molar-refractivity contribution in [1.82, 2.24) is 20.0 Å². The number of nitrogens with zero attached hydrogens (tertiary/aromatic N) is 3. The number of aromatic amines is 1. The molecule has 1 aliphatic rings. The highest BCUT2D eigenvalue weighted by Gasteiger charge is 2.36. The number of amides is 2. The number of nitrogens with one attached hydrogen (secondary N) is 1. The molecule has 0 spiro atoms. The monoisotopic (exact) mass is 356 g/mol. The molecule has 0 bridgehead atoms. The number of rotatable bonds is 2. The van der Waals surface area contributed by atoms with Crippen LogP contribution in [0.15, 0.2) is 36.7 Å². The van der Waals surface area contributed by atoms with Crippen LogP contribution in [0.25, 0.3) is 5.57 Å². The van der Waals surface area contributed by atoms with Gasteiger partial charge in [0.25, 0.3) is 11.8 Å². The second kappa shape index (κ2) is 6.40. The maximum atomic E-state index is 13.2. The lowest BCUT2D eigenvalue weighted by Crippen LogP contribution is -2.36. The molecule has 0 aliphatic carbocycles. The fourth-order valence-electron chi connectivity index (χ4n) is 3.07. The lowest BCUT2D eigenvalue weighted by molar-refractivity contribution is -0.122. The van der Waals surface area contributed by atoms with Crippen molar-refractivity contribution in [3.63, 3.8) is 0 Å². The zero-order valence-corrected chi connectivity index (χ0v) is 15.2. The Hall–Kier alpha value is -2.96. The normalized spacial score (nSPS) is 15.7. The van der Waals surface area contributed by atoms with Crippen LogP contribution < -0.4 is 0 Å². The summed E-state index contributed by atoms with van der Waals surface area (Å²) < 4.78 is 13.2. The van der Waals surface area contributed by atoms with Crippen molar-refractivity contribution >= 4 is 17.4 Å². The molecular weight excluding hydrogens is 335 g/mol. The summed E-state index contributed by atoms with van der Waals surface area (Å²) in [5, 5.41) is 6.98.